The van der Waals surface area contributed by atoms with Crippen LogP contribution in [0.3, 0.4) is 0 Å². The van der Waals surface area contributed by atoms with Gasteiger partial charge in [0.2, 0.25) is 0 Å². The number of nitrogen functional groups attached to an aromatic ring is 1. The number of halogens is 3. The highest BCUT2D eigenvalue weighted by Crippen LogP contribution is 2.33. The molecule has 0 amide bonds. The Morgan fingerprint density at radius 3 is 2.50 bits per heavy atom. The maximum Gasteiger partial charge on any atom is 0.416 e. The number of aromatic nitrogens is 1. The summed E-state index contributed by atoms with van der Waals surface area (Å²) >= 11 is 0. The molecule has 0 aliphatic carbocycles. The lowest BCUT2D eigenvalue weighted by Crippen LogP contribution is -2.34. The third kappa shape index (κ3) is 3.33. The van der Waals surface area contributed by atoms with Gasteiger partial charge >= 0.3 is 6.18 Å². The molecule has 7 heteroatoms. The predicted octanol–water partition coefficient (Wildman–Crippen LogP) is 3.01. The number of hydrogen-bond donors (Lipinski definition) is 2. The van der Waals surface area contributed by atoms with E-state index in [4.69, 9.17) is 5.84 Å². The number of pyridine rings is 1. The first kappa shape index (κ1) is 14.9. The number of nitrogens with one attached hydrogen (secondary N) is 1. The second-order valence-corrected chi connectivity index (χ2v) is 5.08. The standard InChI is InChI=1S/C13H19F3N4/c1-2-9-3-5-20(6-4-9)12-8-10(13(14,15)16)7-11(18-12)19-17/h7-9H,2-6,17H2,1H3,(H,18,19). The number of hydrogen-bond acceptors (Lipinski definition) is 4. The van der Waals surface area contributed by atoms with Crippen molar-refractivity contribution in [3.63, 3.8) is 0 Å². The van der Waals surface area contributed by atoms with Crippen LogP contribution in [-0.4, -0.2) is 18.1 Å². The summed E-state index contributed by atoms with van der Waals surface area (Å²) in [5.41, 5.74) is 1.47. The van der Waals surface area contributed by atoms with Gasteiger partial charge in [-0.2, -0.15) is 13.2 Å². The Morgan fingerprint density at radius 1 is 1.35 bits per heavy atom. The van der Waals surface area contributed by atoms with Crippen LogP contribution in [0.2, 0.25) is 0 Å². The SMILES string of the molecule is CCC1CCN(c2cc(C(F)(F)F)cc(NN)n2)CC1. The molecular formula is C13H19F3N4. The zero-order valence-corrected chi connectivity index (χ0v) is 11.4. The average molecular weight is 288 g/mol. The van der Waals surface area contributed by atoms with Gasteiger partial charge < -0.3 is 10.3 Å². The topological polar surface area (TPSA) is 54.2 Å². The van der Waals surface area contributed by atoms with Crippen molar-refractivity contribution in [2.24, 2.45) is 11.8 Å². The molecule has 4 nitrogen and oxygen atoms in total. The lowest BCUT2D eigenvalue weighted by molar-refractivity contribution is -0.137. The van der Waals surface area contributed by atoms with Gasteiger partial charge in [0.05, 0.1) is 5.56 Å². The summed E-state index contributed by atoms with van der Waals surface area (Å²) in [6.07, 6.45) is -1.32. The normalized spacial score (nSPS) is 17.4. The quantitative estimate of drug-likeness (QED) is 0.663. The Bertz CT molecular complexity index is 453. The summed E-state index contributed by atoms with van der Waals surface area (Å²) in [6.45, 7) is 3.60. The maximum atomic E-state index is 12.9. The number of alkyl halides is 3. The van der Waals surface area contributed by atoms with Gasteiger partial charge in [0.1, 0.15) is 11.6 Å². The summed E-state index contributed by atoms with van der Waals surface area (Å²) < 4.78 is 38.6. The smallest absolute Gasteiger partial charge is 0.357 e. The lowest BCUT2D eigenvalue weighted by atomic mass is 9.94. The number of nitrogens with two attached hydrogens (primary N) is 1. The molecule has 0 atom stereocenters. The van der Waals surface area contributed by atoms with Crippen LogP contribution >= 0.6 is 0 Å². The highest BCUT2D eigenvalue weighted by atomic mass is 19.4. The monoisotopic (exact) mass is 288 g/mol. The number of nitrogens with zero attached hydrogens (tertiary/aromatic N) is 2. The van der Waals surface area contributed by atoms with Gasteiger partial charge in [0.15, 0.2) is 0 Å². The van der Waals surface area contributed by atoms with E-state index in [0.717, 1.165) is 44.5 Å². The van der Waals surface area contributed by atoms with E-state index in [1.54, 1.807) is 0 Å². The van der Waals surface area contributed by atoms with Gasteiger partial charge in [-0.05, 0) is 30.9 Å². The second-order valence-electron chi connectivity index (χ2n) is 5.08. The lowest BCUT2D eigenvalue weighted by Gasteiger charge is -2.32. The van der Waals surface area contributed by atoms with Crippen molar-refractivity contribution >= 4 is 11.6 Å². The van der Waals surface area contributed by atoms with Crippen molar-refractivity contribution < 1.29 is 13.2 Å². The molecule has 3 N–H and O–H groups in total. The van der Waals surface area contributed by atoms with E-state index in [1.807, 2.05) is 4.90 Å². The second kappa shape index (κ2) is 5.87. The van der Waals surface area contributed by atoms with Gasteiger partial charge in [0, 0.05) is 13.1 Å². The van der Waals surface area contributed by atoms with Crippen molar-refractivity contribution in [3.05, 3.63) is 17.7 Å². The minimum absolute atomic E-state index is 0.0347. The Labute approximate surface area is 116 Å². The Balaban J connectivity index is 2.23. The largest absolute Gasteiger partial charge is 0.416 e. The highest BCUT2D eigenvalue weighted by molar-refractivity contribution is 5.51. The third-order valence-corrected chi connectivity index (χ3v) is 3.80. The fourth-order valence-corrected chi connectivity index (χ4v) is 2.49. The van der Waals surface area contributed by atoms with Crippen molar-refractivity contribution in [2.75, 3.05) is 23.4 Å². The minimum Gasteiger partial charge on any atom is -0.357 e. The number of anilines is 2. The van der Waals surface area contributed by atoms with E-state index in [1.165, 1.54) is 0 Å². The molecular weight excluding hydrogens is 269 g/mol. The number of piperidine rings is 1. The average Bonchev–Trinajstić information content (AvgIpc) is 2.46. The Kier molecular flexibility index (Phi) is 4.37. The first-order valence-electron chi connectivity index (χ1n) is 6.75. The first-order chi connectivity index (χ1) is 9.44. The van der Waals surface area contributed by atoms with E-state index < -0.39 is 11.7 Å². The van der Waals surface area contributed by atoms with Gasteiger partial charge in [-0.15, -0.1) is 0 Å². The van der Waals surface area contributed by atoms with Crippen LogP contribution in [0.15, 0.2) is 12.1 Å². The van der Waals surface area contributed by atoms with Gasteiger partial charge in [-0.25, -0.2) is 10.8 Å². The van der Waals surface area contributed by atoms with E-state index in [9.17, 15) is 13.2 Å². The first-order valence-corrected chi connectivity index (χ1v) is 6.75. The molecule has 2 heterocycles. The van der Waals surface area contributed by atoms with E-state index >= 15 is 0 Å². The van der Waals surface area contributed by atoms with Gasteiger partial charge in [0.25, 0.3) is 0 Å². The molecule has 1 aliphatic heterocycles. The van der Waals surface area contributed by atoms with Crippen LogP contribution in [0, 0.1) is 5.92 Å². The zero-order chi connectivity index (χ0) is 14.8. The molecule has 1 fully saturated rings. The number of hydrazine groups is 1. The highest BCUT2D eigenvalue weighted by Gasteiger charge is 2.32. The van der Waals surface area contributed by atoms with Gasteiger partial charge in [-0.1, -0.05) is 13.3 Å². The molecule has 0 bridgehead atoms. The predicted molar refractivity (Wildman–Crippen MR) is 72.3 cm³/mol. The summed E-state index contributed by atoms with van der Waals surface area (Å²) in [5.74, 6) is 6.23. The fraction of sp³-hybridized carbons (Fsp3) is 0.615. The molecule has 0 aromatic carbocycles. The Morgan fingerprint density at radius 2 is 2.00 bits per heavy atom. The van der Waals surface area contributed by atoms with Crippen LogP contribution in [0.4, 0.5) is 24.8 Å². The van der Waals surface area contributed by atoms with E-state index in [-0.39, 0.29) is 5.82 Å². The van der Waals surface area contributed by atoms with Gasteiger partial charge in [-0.3, -0.25) is 0 Å². The molecule has 20 heavy (non-hydrogen) atoms. The van der Waals surface area contributed by atoms with Crippen molar-refractivity contribution in [2.45, 2.75) is 32.4 Å². The summed E-state index contributed by atoms with van der Waals surface area (Å²) in [4.78, 5) is 6.02. The maximum absolute atomic E-state index is 12.9. The molecule has 0 radical (unpaired) electrons. The van der Waals surface area contributed by atoms with Crippen LogP contribution in [0.25, 0.3) is 0 Å². The molecule has 1 saturated heterocycles. The van der Waals surface area contributed by atoms with Crippen molar-refractivity contribution in [3.8, 4) is 0 Å². The molecule has 1 aliphatic rings. The summed E-state index contributed by atoms with van der Waals surface area (Å²) in [6, 6.07) is 2.01. The summed E-state index contributed by atoms with van der Waals surface area (Å²) in [5, 5.41) is 0. The Hall–Kier alpha value is -1.50. The molecule has 0 spiro atoms. The fourth-order valence-electron chi connectivity index (χ4n) is 2.49. The van der Waals surface area contributed by atoms with Crippen LogP contribution in [0.5, 0.6) is 0 Å². The third-order valence-electron chi connectivity index (χ3n) is 3.80. The van der Waals surface area contributed by atoms with E-state index in [2.05, 4.69) is 17.3 Å². The van der Waals surface area contributed by atoms with E-state index in [0.29, 0.717) is 11.7 Å². The van der Waals surface area contributed by atoms with Crippen LogP contribution in [0.1, 0.15) is 31.7 Å². The summed E-state index contributed by atoms with van der Waals surface area (Å²) in [7, 11) is 0. The molecule has 0 saturated carbocycles. The molecule has 112 valence electrons. The van der Waals surface area contributed by atoms with Crippen molar-refractivity contribution in [1.29, 1.82) is 0 Å². The minimum atomic E-state index is -4.40. The zero-order valence-electron chi connectivity index (χ0n) is 11.4. The van der Waals surface area contributed by atoms with Crippen LogP contribution in [-0.2, 0) is 6.18 Å². The van der Waals surface area contributed by atoms with Crippen LogP contribution < -0.4 is 16.2 Å². The molecule has 1 aromatic heterocycles. The molecule has 1 aromatic rings. The molecule has 2 rings (SSSR count). The number of rotatable bonds is 3. The van der Waals surface area contributed by atoms with Crippen molar-refractivity contribution in [1.82, 2.24) is 4.98 Å². The molecule has 0 unspecified atom stereocenters.